The van der Waals surface area contributed by atoms with E-state index in [1.54, 1.807) is 18.2 Å². The lowest BCUT2D eigenvalue weighted by Crippen LogP contribution is -2.30. The van der Waals surface area contributed by atoms with E-state index in [1.807, 2.05) is 13.8 Å². The maximum Gasteiger partial charge on any atom is 0.274 e. The topological polar surface area (TPSA) is 88.5 Å². The van der Waals surface area contributed by atoms with Gasteiger partial charge in [0.25, 0.3) is 5.91 Å². The average molecular weight is 264 g/mol. The molecule has 19 heavy (non-hydrogen) atoms. The Kier molecular flexibility index (Phi) is 4.01. The van der Waals surface area contributed by atoms with Crippen LogP contribution in [0.15, 0.2) is 33.4 Å². The predicted molar refractivity (Wildman–Crippen MR) is 66.6 cm³/mol. The van der Waals surface area contributed by atoms with Crippen LogP contribution in [0.3, 0.4) is 0 Å². The van der Waals surface area contributed by atoms with Crippen LogP contribution in [-0.2, 0) is 0 Å². The van der Waals surface area contributed by atoms with Gasteiger partial charge < -0.3 is 19.4 Å². The van der Waals surface area contributed by atoms with Gasteiger partial charge in [-0.15, -0.1) is 0 Å². The summed E-state index contributed by atoms with van der Waals surface area (Å²) in [5.41, 5.74) is 0.189. The fourth-order valence-corrected chi connectivity index (χ4v) is 1.60. The Morgan fingerprint density at radius 2 is 2.26 bits per heavy atom. The van der Waals surface area contributed by atoms with Crippen LogP contribution in [0.5, 0.6) is 0 Å². The fraction of sp³-hybridized carbons (Fsp3) is 0.385. The van der Waals surface area contributed by atoms with E-state index in [9.17, 15) is 9.90 Å². The van der Waals surface area contributed by atoms with Crippen LogP contribution in [0.2, 0.25) is 0 Å². The minimum absolute atomic E-state index is 0.160. The smallest absolute Gasteiger partial charge is 0.274 e. The van der Waals surface area contributed by atoms with Gasteiger partial charge in [-0.25, -0.2) is 0 Å². The Morgan fingerprint density at radius 1 is 1.47 bits per heavy atom. The number of carbonyl (C=O) groups is 1. The molecule has 0 aliphatic rings. The van der Waals surface area contributed by atoms with Gasteiger partial charge in [-0.3, -0.25) is 4.79 Å². The molecule has 2 N–H and O–H groups in total. The van der Waals surface area contributed by atoms with E-state index >= 15 is 0 Å². The van der Waals surface area contributed by atoms with Gasteiger partial charge in [-0.1, -0.05) is 19.0 Å². The highest BCUT2D eigenvalue weighted by Gasteiger charge is 2.20. The quantitative estimate of drug-likeness (QED) is 0.860. The molecular weight excluding hydrogens is 248 g/mol. The monoisotopic (exact) mass is 264 g/mol. The second-order valence-electron chi connectivity index (χ2n) is 4.49. The van der Waals surface area contributed by atoms with E-state index in [2.05, 4.69) is 10.5 Å². The summed E-state index contributed by atoms with van der Waals surface area (Å²) in [6.07, 6.45) is 1.48. The van der Waals surface area contributed by atoms with E-state index in [4.69, 9.17) is 8.94 Å². The van der Waals surface area contributed by atoms with Gasteiger partial charge in [0.1, 0.15) is 17.6 Å². The number of aromatic nitrogens is 1. The van der Waals surface area contributed by atoms with Crippen molar-refractivity contribution in [3.05, 3.63) is 41.7 Å². The molecule has 2 heterocycles. The molecule has 2 rings (SSSR count). The van der Waals surface area contributed by atoms with Crippen LogP contribution < -0.4 is 5.32 Å². The van der Waals surface area contributed by atoms with Gasteiger partial charge in [-0.05, 0) is 12.1 Å². The van der Waals surface area contributed by atoms with E-state index in [-0.39, 0.29) is 18.2 Å². The molecule has 0 aliphatic heterocycles. The maximum atomic E-state index is 12.0. The zero-order valence-corrected chi connectivity index (χ0v) is 10.8. The summed E-state index contributed by atoms with van der Waals surface area (Å²) in [7, 11) is 0. The molecule has 0 fully saturated rings. The number of rotatable bonds is 5. The van der Waals surface area contributed by atoms with Crippen molar-refractivity contribution < 1.29 is 18.8 Å². The third kappa shape index (κ3) is 3.03. The number of carbonyl (C=O) groups excluding carboxylic acids is 1. The molecule has 0 radical (unpaired) electrons. The summed E-state index contributed by atoms with van der Waals surface area (Å²) in [4.78, 5) is 12.0. The lowest BCUT2D eigenvalue weighted by Gasteiger charge is -2.12. The van der Waals surface area contributed by atoms with Gasteiger partial charge >= 0.3 is 0 Å². The summed E-state index contributed by atoms with van der Waals surface area (Å²) < 4.78 is 10.2. The Balaban J connectivity index is 2.07. The Hall–Kier alpha value is -2.08. The van der Waals surface area contributed by atoms with E-state index < -0.39 is 11.9 Å². The number of amides is 1. The summed E-state index contributed by atoms with van der Waals surface area (Å²) in [5, 5.41) is 15.6. The fourth-order valence-electron chi connectivity index (χ4n) is 1.60. The lowest BCUT2D eigenvalue weighted by molar-refractivity contribution is 0.0898. The second kappa shape index (κ2) is 5.71. The first kappa shape index (κ1) is 13.4. The Morgan fingerprint density at radius 3 is 2.79 bits per heavy atom. The van der Waals surface area contributed by atoms with E-state index in [0.717, 1.165) is 0 Å². The molecule has 0 aromatic carbocycles. The van der Waals surface area contributed by atoms with Crippen molar-refractivity contribution in [3.63, 3.8) is 0 Å². The Labute approximate surface area is 110 Å². The molecule has 0 bridgehead atoms. The number of aliphatic hydroxyl groups excluding tert-OH is 1. The molecule has 1 unspecified atom stereocenters. The first-order chi connectivity index (χ1) is 9.11. The molecule has 2 aromatic rings. The largest absolute Gasteiger partial charge is 0.467 e. The van der Waals surface area contributed by atoms with E-state index in [0.29, 0.717) is 11.5 Å². The molecular formula is C13H16N2O4. The van der Waals surface area contributed by atoms with Crippen LogP contribution in [0.4, 0.5) is 0 Å². The lowest BCUT2D eigenvalue weighted by atomic mass is 10.1. The van der Waals surface area contributed by atoms with Crippen LogP contribution in [0.25, 0.3) is 0 Å². The van der Waals surface area contributed by atoms with Gasteiger partial charge in [0.05, 0.1) is 12.9 Å². The van der Waals surface area contributed by atoms with E-state index in [1.165, 1.54) is 6.26 Å². The molecule has 0 spiro atoms. The normalized spacial score (nSPS) is 12.6. The van der Waals surface area contributed by atoms with Crippen molar-refractivity contribution >= 4 is 5.91 Å². The Bertz CT molecular complexity index is 531. The summed E-state index contributed by atoms with van der Waals surface area (Å²) in [6, 6.07) is 4.37. The molecule has 2 aromatic heterocycles. The second-order valence-corrected chi connectivity index (χ2v) is 4.49. The summed E-state index contributed by atoms with van der Waals surface area (Å²) in [5.74, 6) is 0.881. The molecule has 6 nitrogen and oxygen atoms in total. The zero-order valence-electron chi connectivity index (χ0n) is 10.8. The molecule has 102 valence electrons. The third-order valence-corrected chi connectivity index (χ3v) is 2.70. The predicted octanol–water partition coefficient (Wildman–Crippen LogP) is 1.85. The number of hydrogen-bond donors (Lipinski definition) is 2. The third-order valence-electron chi connectivity index (χ3n) is 2.70. The molecule has 0 saturated carbocycles. The highest BCUT2D eigenvalue weighted by Crippen LogP contribution is 2.17. The minimum atomic E-state index is -0.596. The van der Waals surface area contributed by atoms with Gasteiger partial charge in [0.15, 0.2) is 5.69 Å². The number of nitrogens with one attached hydrogen (secondary N) is 1. The van der Waals surface area contributed by atoms with Crippen molar-refractivity contribution in [1.29, 1.82) is 0 Å². The molecule has 0 saturated heterocycles. The number of hydrogen-bond acceptors (Lipinski definition) is 5. The first-order valence-electron chi connectivity index (χ1n) is 6.03. The zero-order chi connectivity index (χ0) is 13.8. The van der Waals surface area contributed by atoms with Crippen molar-refractivity contribution in [1.82, 2.24) is 10.5 Å². The van der Waals surface area contributed by atoms with Gasteiger partial charge in [0.2, 0.25) is 0 Å². The average Bonchev–Trinajstić information content (AvgIpc) is 3.05. The van der Waals surface area contributed by atoms with Crippen molar-refractivity contribution in [3.8, 4) is 0 Å². The molecule has 6 heteroatoms. The molecule has 1 atom stereocenters. The maximum absolute atomic E-state index is 12.0. The van der Waals surface area contributed by atoms with Crippen molar-refractivity contribution in [2.45, 2.75) is 25.8 Å². The van der Waals surface area contributed by atoms with Crippen LogP contribution >= 0.6 is 0 Å². The highest BCUT2D eigenvalue weighted by atomic mass is 16.5. The highest BCUT2D eigenvalue weighted by molar-refractivity contribution is 5.92. The van der Waals surface area contributed by atoms with Crippen molar-refractivity contribution in [2.24, 2.45) is 0 Å². The standard InChI is InChI=1S/C13H16N2O4/c1-8(2)12-6-9(15-19-12)13(17)14-10(7-16)11-4-3-5-18-11/h3-6,8,10,16H,7H2,1-2H3,(H,14,17). The van der Waals surface area contributed by atoms with Gasteiger partial charge in [0, 0.05) is 12.0 Å². The van der Waals surface area contributed by atoms with Crippen LogP contribution in [0, 0.1) is 0 Å². The van der Waals surface area contributed by atoms with Crippen molar-refractivity contribution in [2.75, 3.05) is 6.61 Å². The first-order valence-corrected chi connectivity index (χ1v) is 6.03. The SMILES string of the molecule is CC(C)c1cc(C(=O)NC(CO)c2ccco2)no1. The van der Waals surface area contributed by atoms with Crippen LogP contribution in [0.1, 0.15) is 47.8 Å². The van der Waals surface area contributed by atoms with Crippen LogP contribution in [-0.4, -0.2) is 22.8 Å². The van der Waals surface area contributed by atoms with Gasteiger partial charge in [-0.2, -0.15) is 0 Å². The minimum Gasteiger partial charge on any atom is -0.467 e. The summed E-state index contributed by atoms with van der Waals surface area (Å²) >= 11 is 0. The molecule has 0 aliphatic carbocycles. The summed E-state index contributed by atoms with van der Waals surface area (Å²) in [6.45, 7) is 3.64. The molecule has 1 amide bonds. The number of furan rings is 1. The number of aliphatic hydroxyl groups is 1. The number of nitrogens with zero attached hydrogens (tertiary/aromatic N) is 1.